The highest BCUT2D eigenvalue weighted by Crippen LogP contribution is 2.17. The van der Waals surface area contributed by atoms with Gasteiger partial charge in [0.2, 0.25) is 0 Å². The van der Waals surface area contributed by atoms with Crippen LogP contribution in [0.3, 0.4) is 0 Å². The Balaban J connectivity index is 1.90. The molecular weight excluding hydrogens is 328 g/mol. The molecule has 2 aromatic carbocycles. The van der Waals surface area contributed by atoms with Crippen molar-refractivity contribution >= 4 is 23.2 Å². The van der Waals surface area contributed by atoms with E-state index in [0.717, 1.165) is 6.54 Å². The first-order valence-corrected chi connectivity index (χ1v) is 8.65. The number of nitrogens with zero attached hydrogens (tertiary/aromatic N) is 1. The van der Waals surface area contributed by atoms with E-state index < -0.39 is 11.8 Å². The lowest BCUT2D eigenvalue weighted by Crippen LogP contribution is -2.33. The number of anilines is 2. The monoisotopic (exact) mass is 350 g/mol. The quantitative estimate of drug-likeness (QED) is 0.440. The van der Waals surface area contributed by atoms with Crippen LogP contribution in [0.5, 0.6) is 0 Å². The molecule has 0 saturated carbocycles. The van der Waals surface area contributed by atoms with Crippen molar-refractivity contribution in [3.05, 3.63) is 72.1 Å². The number of para-hydroxylation sites is 2. The van der Waals surface area contributed by atoms with Gasteiger partial charge in [0, 0.05) is 31.0 Å². The second-order valence-corrected chi connectivity index (χ2v) is 5.87. The molecule has 26 heavy (non-hydrogen) atoms. The second-order valence-electron chi connectivity index (χ2n) is 5.87. The van der Waals surface area contributed by atoms with Crippen LogP contribution in [0.2, 0.25) is 0 Å². The molecule has 0 radical (unpaired) electrons. The molecule has 6 heteroatoms. The Labute approximate surface area is 152 Å². The molecule has 1 heterocycles. The van der Waals surface area contributed by atoms with Crippen LogP contribution in [0, 0.1) is 0 Å². The third-order valence-electron chi connectivity index (χ3n) is 4.13. The van der Waals surface area contributed by atoms with Crippen molar-refractivity contribution in [1.82, 2.24) is 10.2 Å². The molecule has 1 fully saturated rings. The molecule has 0 bridgehead atoms. The Kier molecular flexibility index (Phi) is 5.53. The predicted octanol–water partition coefficient (Wildman–Crippen LogP) is 2.40. The second kappa shape index (κ2) is 8.20. The Hall–Kier alpha value is -3.28. The van der Waals surface area contributed by atoms with Gasteiger partial charge in [-0.15, -0.1) is 0 Å². The predicted molar refractivity (Wildman–Crippen MR) is 102 cm³/mol. The third-order valence-corrected chi connectivity index (χ3v) is 4.13. The summed E-state index contributed by atoms with van der Waals surface area (Å²) in [6, 6.07) is 18.2. The molecule has 0 aromatic heterocycles. The fourth-order valence-corrected chi connectivity index (χ4v) is 2.84. The van der Waals surface area contributed by atoms with E-state index in [1.807, 2.05) is 48.2 Å². The number of carbonyl (C=O) groups excluding carboxylic acids is 2. The molecular formula is C20H22N4O2. The smallest absolute Gasteiger partial charge is 0.264 e. The molecule has 3 rings (SSSR count). The fourth-order valence-electron chi connectivity index (χ4n) is 2.84. The van der Waals surface area contributed by atoms with Gasteiger partial charge in [-0.25, -0.2) is 0 Å². The molecule has 0 unspecified atom stereocenters. The van der Waals surface area contributed by atoms with Gasteiger partial charge < -0.3 is 20.9 Å². The Bertz CT molecular complexity index is 748. The summed E-state index contributed by atoms with van der Waals surface area (Å²) < 4.78 is 0. The normalized spacial score (nSPS) is 13.1. The van der Waals surface area contributed by atoms with Crippen LogP contribution in [0.1, 0.15) is 6.92 Å². The summed E-state index contributed by atoms with van der Waals surface area (Å²) in [4.78, 5) is 27.8. The molecule has 0 spiro atoms. The van der Waals surface area contributed by atoms with Gasteiger partial charge >= 0.3 is 0 Å². The number of hydrogen-bond donors (Lipinski definition) is 3. The summed E-state index contributed by atoms with van der Waals surface area (Å²) in [5, 5.41) is 8.79. The highest BCUT2D eigenvalue weighted by molar-refractivity contribution is 6.26. The van der Waals surface area contributed by atoms with E-state index in [4.69, 9.17) is 0 Å². The standard InChI is InChI=1S/C20H22N4O2/c1-2-24-14-13-21-18(24)17(19(25)22-15-9-5-3-6-10-15)20(26)23-16-11-7-4-8-12-16/h3-12,21H,2,13-14H2,1H3,(H,22,25)(H,23,26). The zero-order valence-electron chi connectivity index (χ0n) is 14.7. The number of hydrogen-bond acceptors (Lipinski definition) is 4. The van der Waals surface area contributed by atoms with Crippen molar-refractivity contribution in [3.63, 3.8) is 0 Å². The van der Waals surface area contributed by atoms with Gasteiger partial charge in [-0.3, -0.25) is 9.59 Å². The lowest BCUT2D eigenvalue weighted by atomic mass is 10.2. The number of rotatable bonds is 5. The Morgan fingerprint density at radius 2 is 1.42 bits per heavy atom. The van der Waals surface area contributed by atoms with Crippen LogP contribution >= 0.6 is 0 Å². The fraction of sp³-hybridized carbons (Fsp3) is 0.200. The van der Waals surface area contributed by atoms with Gasteiger partial charge in [0.15, 0.2) is 0 Å². The van der Waals surface area contributed by atoms with E-state index in [-0.39, 0.29) is 5.57 Å². The molecule has 2 amide bonds. The van der Waals surface area contributed by atoms with E-state index in [1.165, 1.54) is 0 Å². The van der Waals surface area contributed by atoms with Crippen LogP contribution in [0.4, 0.5) is 11.4 Å². The zero-order chi connectivity index (χ0) is 18.4. The van der Waals surface area contributed by atoms with Gasteiger partial charge in [0.1, 0.15) is 11.4 Å². The van der Waals surface area contributed by atoms with Crippen molar-refractivity contribution < 1.29 is 9.59 Å². The first-order valence-electron chi connectivity index (χ1n) is 8.65. The molecule has 1 aliphatic rings. The topological polar surface area (TPSA) is 73.5 Å². The molecule has 1 saturated heterocycles. The largest absolute Gasteiger partial charge is 0.369 e. The Morgan fingerprint density at radius 3 is 1.88 bits per heavy atom. The number of likely N-dealkylation sites (N-methyl/N-ethyl adjacent to an activating group) is 1. The van der Waals surface area contributed by atoms with Gasteiger partial charge in [0.25, 0.3) is 11.8 Å². The summed E-state index contributed by atoms with van der Waals surface area (Å²) in [6.45, 7) is 4.16. The minimum absolute atomic E-state index is 0.0806. The van der Waals surface area contributed by atoms with Gasteiger partial charge in [-0.05, 0) is 31.2 Å². The molecule has 0 aliphatic carbocycles. The average molecular weight is 350 g/mol. The molecule has 0 atom stereocenters. The van der Waals surface area contributed by atoms with E-state index >= 15 is 0 Å². The minimum atomic E-state index is -0.438. The van der Waals surface area contributed by atoms with E-state index in [9.17, 15) is 9.59 Å². The van der Waals surface area contributed by atoms with E-state index in [0.29, 0.717) is 30.3 Å². The van der Waals surface area contributed by atoms with Crippen molar-refractivity contribution in [2.75, 3.05) is 30.3 Å². The number of amides is 2. The van der Waals surface area contributed by atoms with Crippen LogP contribution < -0.4 is 16.0 Å². The van der Waals surface area contributed by atoms with Crippen molar-refractivity contribution in [3.8, 4) is 0 Å². The van der Waals surface area contributed by atoms with Crippen molar-refractivity contribution in [2.24, 2.45) is 0 Å². The van der Waals surface area contributed by atoms with Gasteiger partial charge in [-0.2, -0.15) is 0 Å². The summed E-state index contributed by atoms with van der Waals surface area (Å²) >= 11 is 0. The van der Waals surface area contributed by atoms with Crippen LogP contribution in [-0.4, -0.2) is 36.3 Å². The number of carbonyl (C=O) groups is 2. The lowest BCUT2D eigenvalue weighted by molar-refractivity contribution is -0.118. The molecule has 3 N–H and O–H groups in total. The summed E-state index contributed by atoms with van der Waals surface area (Å²) in [5.74, 6) is -0.311. The summed E-state index contributed by atoms with van der Waals surface area (Å²) in [7, 11) is 0. The van der Waals surface area contributed by atoms with E-state index in [1.54, 1.807) is 24.3 Å². The zero-order valence-corrected chi connectivity index (χ0v) is 14.7. The first kappa shape index (κ1) is 17.5. The van der Waals surface area contributed by atoms with Crippen molar-refractivity contribution in [2.45, 2.75) is 6.92 Å². The highest BCUT2D eigenvalue weighted by atomic mass is 16.2. The molecule has 2 aromatic rings. The van der Waals surface area contributed by atoms with Crippen LogP contribution in [0.15, 0.2) is 72.1 Å². The maximum atomic E-state index is 12.9. The third kappa shape index (κ3) is 4.03. The Morgan fingerprint density at radius 1 is 0.923 bits per heavy atom. The maximum Gasteiger partial charge on any atom is 0.264 e. The maximum absolute atomic E-state index is 12.9. The SMILES string of the molecule is CCN1CCNC1=C(C(=O)Nc1ccccc1)C(=O)Nc1ccccc1. The van der Waals surface area contributed by atoms with Gasteiger partial charge in [-0.1, -0.05) is 36.4 Å². The van der Waals surface area contributed by atoms with E-state index in [2.05, 4.69) is 16.0 Å². The minimum Gasteiger partial charge on any atom is -0.369 e. The highest BCUT2D eigenvalue weighted by Gasteiger charge is 2.29. The lowest BCUT2D eigenvalue weighted by Gasteiger charge is -2.20. The summed E-state index contributed by atoms with van der Waals surface area (Å²) in [6.07, 6.45) is 0. The van der Waals surface area contributed by atoms with Crippen molar-refractivity contribution in [1.29, 1.82) is 0 Å². The molecule has 6 nitrogen and oxygen atoms in total. The number of nitrogens with one attached hydrogen (secondary N) is 3. The number of benzene rings is 2. The molecule has 134 valence electrons. The van der Waals surface area contributed by atoms with Crippen LogP contribution in [-0.2, 0) is 9.59 Å². The molecule has 1 aliphatic heterocycles. The van der Waals surface area contributed by atoms with Gasteiger partial charge in [0.05, 0.1) is 0 Å². The average Bonchev–Trinajstić information content (AvgIpc) is 3.11. The van der Waals surface area contributed by atoms with Crippen LogP contribution in [0.25, 0.3) is 0 Å². The summed E-state index contributed by atoms with van der Waals surface area (Å²) in [5.41, 5.74) is 1.37. The first-order chi connectivity index (χ1) is 12.7.